The van der Waals surface area contributed by atoms with E-state index in [1.54, 1.807) is 0 Å². The van der Waals surface area contributed by atoms with Gasteiger partial charge in [0.15, 0.2) is 12.1 Å². The molecule has 2 atom stereocenters. The summed E-state index contributed by atoms with van der Waals surface area (Å²) in [6, 6.07) is -0.614. The van der Waals surface area contributed by atoms with Crippen LogP contribution in [0.1, 0.15) is 219 Å². The first-order valence-corrected chi connectivity index (χ1v) is 23.9. The van der Waals surface area contributed by atoms with Gasteiger partial charge in [0.2, 0.25) is 0 Å². The molecule has 0 saturated heterocycles. The number of likely N-dealkylation sites (N-methyl/N-ethyl adjacent to an activating group) is 1. The summed E-state index contributed by atoms with van der Waals surface area (Å²) in [6.07, 6.45) is 45.1. The van der Waals surface area contributed by atoms with Gasteiger partial charge in [0.1, 0.15) is 6.61 Å². The van der Waals surface area contributed by atoms with Crippen LogP contribution in [-0.2, 0) is 28.6 Å². The van der Waals surface area contributed by atoms with E-state index in [2.05, 4.69) is 38.2 Å². The van der Waals surface area contributed by atoms with Crippen molar-refractivity contribution in [1.29, 1.82) is 0 Å². The Morgan fingerprint density at radius 1 is 0.509 bits per heavy atom. The molecular weight excluding hydrogens is 715 g/mol. The van der Waals surface area contributed by atoms with Crippen LogP contribution in [0.5, 0.6) is 0 Å². The molecule has 0 heterocycles. The molecular formula is C49H92NO7+. The molecule has 0 aromatic heterocycles. The number of hydrogen-bond acceptors (Lipinski definition) is 6. The van der Waals surface area contributed by atoms with E-state index in [1.165, 1.54) is 135 Å². The molecule has 0 radical (unpaired) electrons. The second kappa shape index (κ2) is 40.6. The molecule has 0 bridgehead atoms. The number of unbranched alkanes of at least 4 members (excludes halogenated alkanes) is 25. The van der Waals surface area contributed by atoms with E-state index >= 15 is 0 Å². The maximum absolute atomic E-state index is 12.7. The molecule has 0 aliphatic heterocycles. The monoisotopic (exact) mass is 807 g/mol. The number of quaternary nitrogens is 1. The number of carboxylic acid groups (broad SMARTS) is 1. The zero-order chi connectivity index (χ0) is 42.1. The summed E-state index contributed by atoms with van der Waals surface area (Å²) in [5, 5.41) is 9.62. The summed E-state index contributed by atoms with van der Waals surface area (Å²) in [4.78, 5) is 37.0. The molecule has 57 heavy (non-hydrogen) atoms. The zero-order valence-corrected chi connectivity index (χ0v) is 38.1. The van der Waals surface area contributed by atoms with Gasteiger partial charge >= 0.3 is 17.9 Å². The number of hydrogen-bond donors (Lipinski definition) is 1. The number of aliphatic carboxylic acids is 1. The Labute approximate surface area is 351 Å². The van der Waals surface area contributed by atoms with Crippen molar-refractivity contribution in [2.75, 3.05) is 41.0 Å². The number of ether oxygens (including phenoxy) is 3. The third-order valence-electron chi connectivity index (χ3n) is 10.8. The van der Waals surface area contributed by atoms with Crippen LogP contribution >= 0.6 is 0 Å². The maximum Gasteiger partial charge on any atom is 0.362 e. The van der Waals surface area contributed by atoms with Gasteiger partial charge < -0.3 is 23.8 Å². The van der Waals surface area contributed by atoms with Gasteiger partial charge in [-0.05, 0) is 64.2 Å². The number of allylic oxidation sites excluding steroid dienone is 4. The van der Waals surface area contributed by atoms with E-state index in [4.69, 9.17) is 14.2 Å². The number of esters is 2. The summed E-state index contributed by atoms with van der Waals surface area (Å²) in [6.45, 7) is 4.72. The van der Waals surface area contributed by atoms with E-state index in [9.17, 15) is 19.5 Å². The molecule has 1 N–H and O–H groups in total. The molecule has 8 heteroatoms. The number of carbonyl (C=O) groups is 3. The van der Waals surface area contributed by atoms with Crippen molar-refractivity contribution in [2.45, 2.75) is 231 Å². The Kier molecular flexibility index (Phi) is 39.0. The lowest BCUT2D eigenvalue weighted by Gasteiger charge is -2.31. The van der Waals surface area contributed by atoms with E-state index in [1.807, 2.05) is 21.1 Å². The minimum Gasteiger partial charge on any atom is -0.477 e. The second-order valence-corrected chi connectivity index (χ2v) is 17.4. The van der Waals surface area contributed by atoms with Crippen LogP contribution in [0.4, 0.5) is 0 Å². The van der Waals surface area contributed by atoms with Crippen molar-refractivity contribution in [1.82, 2.24) is 0 Å². The average Bonchev–Trinajstić information content (AvgIpc) is 3.17. The summed E-state index contributed by atoms with van der Waals surface area (Å²) in [5.41, 5.74) is 0. The molecule has 334 valence electrons. The predicted octanol–water partition coefficient (Wildman–Crippen LogP) is 13.3. The van der Waals surface area contributed by atoms with Gasteiger partial charge in [-0.2, -0.15) is 0 Å². The minimum absolute atomic E-state index is 0.0536. The molecule has 0 aromatic rings. The van der Waals surface area contributed by atoms with Gasteiger partial charge in [0, 0.05) is 19.3 Å². The number of carbonyl (C=O) groups excluding carboxylic acids is 2. The Morgan fingerprint density at radius 3 is 1.30 bits per heavy atom. The van der Waals surface area contributed by atoms with Crippen LogP contribution in [0.15, 0.2) is 24.3 Å². The van der Waals surface area contributed by atoms with Gasteiger partial charge in [0.05, 0.1) is 34.4 Å². The highest BCUT2D eigenvalue weighted by molar-refractivity contribution is 5.72. The summed E-state index contributed by atoms with van der Waals surface area (Å²) in [5.74, 6) is -1.48. The molecule has 0 rings (SSSR count). The molecule has 0 saturated carbocycles. The van der Waals surface area contributed by atoms with Gasteiger partial charge in [-0.15, -0.1) is 0 Å². The van der Waals surface area contributed by atoms with Crippen LogP contribution in [0, 0.1) is 0 Å². The Balaban J connectivity index is 4.22. The van der Waals surface area contributed by atoms with Crippen LogP contribution in [0.25, 0.3) is 0 Å². The fraction of sp³-hybridized carbons (Fsp3) is 0.857. The Morgan fingerprint density at radius 2 is 0.877 bits per heavy atom. The SMILES string of the molecule is CCCCC/C=C/CCCCCCCC(=O)OC(COCCC(C(=O)O)[N+](C)(C)C)COC(=O)CCCCCCCCC/C=C/CCCCCCCCCCCC. The molecule has 2 unspecified atom stereocenters. The highest BCUT2D eigenvalue weighted by Gasteiger charge is 2.31. The average molecular weight is 807 g/mol. The van der Waals surface area contributed by atoms with Crippen LogP contribution in [-0.4, -0.2) is 80.6 Å². The predicted molar refractivity (Wildman–Crippen MR) is 238 cm³/mol. The summed E-state index contributed by atoms with van der Waals surface area (Å²) < 4.78 is 17.3. The lowest BCUT2D eigenvalue weighted by Crippen LogP contribution is -2.50. The van der Waals surface area contributed by atoms with Crippen molar-refractivity contribution >= 4 is 17.9 Å². The number of nitrogens with zero attached hydrogens (tertiary/aromatic N) is 1. The van der Waals surface area contributed by atoms with Crippen LogP contribution < -0.4 is 0 Å². The highest BCUT2D eigenvalue weighted by atomic mass is 16.6. The highest BCUT2D eigenvalue weighted by Crippen LogP contribution is 2.15. The first-order chi connectivity index (χ1) is 27.6. The van der Waals surface area contributed by atoms with Crippen molar-refractivity contribution in [2.24, 2.45) is 0 Å². The number of rotatable bonds is 43. The topological polar surface area (TPSA) is 99.1 Å². The van der Waals surface area contributed by atoms with Crippen LogP contribution in [0.3, 0.4) is 0 Å². The normalized spacial score (nSPS) is 13.1. The smallest absolute Gasteiger partial charge is 0.362 e. The third kappa shape index (κ3) is 39.1. The molecule has 0 aromatic carbocycles. The second-order valence-electron chi connectivity index (χ2n) is 17.4. The van der Waals surface area contributed by atoms with Crippen LogP contribution in [0.2, 0.25) is 0 Å². The lowest BCUT2D eigenvalue weighted by molar-refractivity contribution is -0.887. The van der Waals surface area contributed by atoms with Crippen molar-refractivity contribution in [3.63, 3.8) is 0 Å². The van der Waals surface area contributed by atoms with Gasteiger partial charge in [0.25, 0.3) is 0 Å². The van der Waals surface area contributed by atoms with Crippen molar-refractivity contribution in [3.05, 3.63) is 24.3 Å². The molecule has 0 aliphatic carbocycles. The lowest BCUT2D eigenvalue weighted by atomic mass is 10.1. The standard InChI is InChI=1S/C49H91NO7/c1-6-8-10-12-14-16-18-20-21-22-23-24-25-26-27-28-30-31-33-35-37-39-47(51)56-44-45(43-55-42-41-46(49(53)54)50(3,4)5)57-48(52)40-38-36-34-32-29-19-17-15-13-11-9-7-2/h15,17,24-25,45-46H,6-14,16,18-23,26-44H2,1-5H3/p+1/b17-15+,25-24+. The Hall–Kier alpha value is -2.19. The zero-order valence-electron chi connectivity index (χ0n) is 38.1. The van der Waals surface area contributed by atoms with E-state index in [0.717, 1.165) is 51.4 Å². The minimum atomic E-state index is -0.875. The van der Waals surface area contributed by atoms with Gasteiger partial charge in [-0.25, -0.2) is 4.79 Å². The van der Waals surface area contributed by atoms with Crippen molar-refractivity contribution in [3.8, 4) is 0 Å². The Bertz CT molecular complexity index is 989. The fourth-order valence-electron chi connectivity index (χ4n) is 7.08. The van der Waals surface area contributed by atoms with Crippen molar-refractivity contribution < 1.29 is 38.2 Å². The van der Waals surface area contributed by atoms with E-state index in [0.29, 0.717) is 19.3 Å². The molecule has 8 nitrogen and oxygen atoms in total. The van der Waals surface area contributed by atoms with Gasteiger partial charge in [-0.1, -0.05) is 160 Å². The molecule has 0 spiro atoms. The fourth-order valence-corrected chi connectivity index (χ4v) is 7.08. The first-order valence-electron chi connectivity index (χ1n) is 23.9. The quantitative estimate of drug-likeness (QED) is 0.0283. The van der Waals surface area contributed by atoms with Gasteiger partial charge in [-0.3, -0.25) is 9.59 Å². The van der Waals surface area contributed by atoms with E-state index < -0.39 is 18.1 Å². The summed E-state index contributed by atoms with van der Waals surface area (Å²) in [7, 11) is 5.53. The summed E-state index contributed by atoms with van der Waals surface area (Å²) >= 11 is 0. The third-order valence-corrected chi connectivity index (χ3v) is 10.8. The molecule has 0 amide bonds. The largest absolute Gasteiger partial charge is 0.477 e. The maximum atomic E-state index is 12.7. The number of carboxylic acids is 1. The first kappa shape index (κ1) is 54.8. The van der Waals surface area contributed by atoms with E-state index in [-0.39, 0.29) is 36.2 Å². The molecule has 0 aliphatic rings. The molecule has 0 fully saturated rings.